The fourth-order valence-corrected chi connectivity index (χ4v) is 0.913. The first-order valence-corrected chi connectivity index (χ1v) is 5.14. The van der Waals surface area contributed by atoms with E-state index in [4.69, 9.17) is 9.84 Å². The number of methoxy groups -OCH3 is 1. The number of ether oxygens (including phenoxy) is 1. The molecule has 6 heteroatoms. The minimum absolute atomic E-state index is 0.311. The van der Waals surface area contributed by atoms with Crippen LogP contribution in [0.4, 0.5) is 4.79 Å². The third-order valence-electron chi connectivity index (χ3n) is 2.24. The van der Waals surface area contributed by atoms with E-state index in [1.807, 2.05) is 13.8 Å². The molecule has 0 aromatic rings. The second kappa shape index (κ2) is 6.32. The predicted molar refractivity (Wildman–Crippen MR) is 59.3 cm³/mol. The standard InChI is InChI=1S/C10H20N2O4/c1-5-7(8(13)14)12-9(15)11-6-10(2,3)16-4/h7H,5-6H2,1-4H3,(H,13,14)(H2,11,12,15)/t7-/m0/s1. The molecule has 0 rings (SSSR count). The average Bonchev–Trinajstić information content (AvgIpc) is 2.22. The fraction of sp³-hybridized carbons (Fsp3) is 0.800. The van der Waals surface area contributed by atoms with Crippen LogP contribution in [-0.2, 0) is 9.53 Å². The number of aliphatic carboxylic acids is 1. The molecule has 0 heterocycles. The van der Waals surface area contributed by atoms with Crippen molar-refractivity contribution in [1.82, 2.24) is 10.6 Å². The van der Waals surface area contributed by atoms with Crippen molar-refractivity contribution < 1.29 is 19.4 Å². The van der Waals surface area contributed by atoms with Crippen LogP contribution in [0.2, 0.25) is 0 Å². The van der Waals surface area contributed by atoms with Crippen LogP contribution in [-0.4, -0.2) is 42.4 Å². The van der Waals surface area contributed by atoms with E-state index in [0.717, 1.165) is 0 Å². The van der Waals surface area contributed by atoms with Crippen molar-refractivity contribution in [2.24, 2.45) is 0 Å². The van der Waals surface area contributed by atoms with Crippen molar-refractivity contribution in [2.45, 2.75) is 38.8 Å². The van der Waals surface area contributed by atoms with Crippen molar-refractivity contribution >= 4 is 12.0 Å². The lowest BCUT2D eigenvalue weighted by Crippen LogP contribution is -2.49. The van der Waals surface area contributed by atoms with Crippen LogP contribution in [0.15, 0.2) is 0 Å². The van der Waals surface area contributed by atoms with Gasteiger partial charge >= 0.3 is 12.0 Å². The van der Waals surface area contributed by atoms with Gasteiger partial charge in [-0.15, -0.1) is 0 Å². The van der Waals surface area contributed by atoms with Gasteiger partial charge in [-0.3, -0.25) is 0 Å². The van der Waals surface area contributed by atoms with Gasteiger partial charge in [0.15, 0.2) is 0 Å². The molecule has 2 amide bonds. The lowest BCUT2D eigenvalue weighted by Gasteiger charge is -2.23. The largest absolute Gasteiger partial charge is 0.480 e. The molecule has 0 aromatic heterocycles. The van der Waals surface area contributed by atoms with Crippen molar-refractivity contribution in [2.75, 3.05) is 13.7 Å². The Balaban J connectivity index is 4.04. The molecule has 0 radical (unpaired) electrons. The second-order valence-electron chi connectivity index (χ2n) is 4.09. The number of carbonyl (C=O) groups excluding carboxylic acids is 1. The number of carboxylic acids is 1. The van der Waals surface area contributed by atoms with E-state index >= 15 is 0 Å². The summed E-state index contributed by atoms with van der Waals surface area (Å²) in [6.07, 6.45) is 0.344. The van der Waals surface area contributed by atoms with Crippen LogP contribution in [0.1, 0.15) is 27.2 Å². The lowest BCUT2D eigenvalue weighted by atomic mass is 10.1. The van der Waals surface area contributed by atoms with Crippen molar-refractivity contribution in [1.29, 1.82) is 0 Å². The first-order valence-electron chi connectivity index (χ1n) is 5.14. The van der Waals surface area contributed by atoms with Gasteiger partial charge in [-0.1, -0.05) is 6.92 Å². The van der Waals surface area contributed by atoms with Crippen LogP contribution >= 0.6 is 0 Å². The summed E-state index contributed by atoms with van der Waals surface area (Å²) in [5.74, 6) is -1.04. The van der Waals surface area contributed by atoms with Gasteiger partial charge in [0.1, 0.15) is 6.04 Å². The van der Waals surface area contributed by atoms with Crippen molar-refractivity contribution in [3.8, 4) is 0 Å². The number of amides is 2. The van der Waals surface area contributed by atoms with Gasteiger partial charge in [-0.25, -0.2) is 9.59 Å². The van der Waals surface area contributed by atoms with Crippen LogP contribution in [0.25, 0.3) is 0 Å². The van der Waals surface area contributed by atoms with E-state index in [9.17, 15) is 9.59 Å². The summed E-state index contributed by atoms with van der Waals surface area (Å²) in [7, 11) is 1.55. The SMILES string of the molecule is CC[C@H](NC(=O)NCC(C)(C)OC)C(=O)O. The fourth-order valence-electron chi connectivity index (χ4n) is 0.913. The summed E-state index contributed by atoms with van der Waals surface area (Å²) in [6, 6.07) is -1.36. The van der Waals surface area contributed by atoms with Gasteiger partial charge in [-0.2, -0.15) is 0 Å². The monoisotopic (exact) mass is 232 g/mol. The Bertz CT molecular complexity index is 253. The van der Waals surface area contributed by atoms with Crippen molar-refractivity contribution in [3.05, 3.63) is 0 Å². The van der Waals surface area contributed by atoms with E-state index in [2.05, 4.69) is 10.6 Å². The molecule has 0 aliphatic carbocycles. The normalized spacial score (nSPS) is 13.0. The molecule has 94 valence electrons. The number of hydrogen-bond donors (Lipinski definition) is 3. The Labute approximate surface area is 95.4 Å². The highest BCUT2D eigenvalue weighted by Gasteiger charge is 2.20. The molecule has 0 saturated carbocycles. The highest BCUT2D eigenvalue weighted by atomic mass is 16.5. The Morgan fingerprint density at radius 1 is 1.44 bits per heavy atom. The van der Waals surface area contributed by atoms with Crippen LogP contribution in [0, 0.1) is 0 Å². The maximum Gasteiger partial charge on any atom is 0.326 e. The van der Waals surface area contributed by atoms with Gasteiger partial charge in [0.2, 0.25) is 0 Å². The summed E-state index contributed by atoms with van der Waals surface area (Å²) in [6.45, 7) is 5.65. The van der Waals surface area contributed by atoms with Gasteiger partial charge in [0, 0.05) is 13.7 Å². The topological polar surface area (TPSA) is 87.7 Å². The lowest BCUT2D eigenvalue weighted by molar-refractivity contribution is -0.139. The molecule has 0 spiro atoms. The quantitative estimate of drug-likeness (QED) is 0.625. The number of urea groups is 1. The molecule has 16 heavy (non-hydrogen) atoms. The van der Waals surface area contributed by atoms with E-state index in [1.165, 1.54) is 0 Å². The van der Waals surface area contributed by atoms with Crippen LogP contribution in [0.5, 0.6) is 0 Å². The molecule has 0 bridgehead atoms. The van der Waals surface area contributed by atoms with E-state index in [-0.39, 0.29) is 0 Å². The molecular weight excluding hydrogens is 212 g/mol. The number of hydrogen-bond acceptors (Lipinski definition) is 3. The van der Waals surface area contributed by atoms with Crippen LogP contribution in [0.3, 0.4) is 0 Å². The smallest absolute Gasteiger partial charge is 0.326 e. The molecule has 1 atom stereocenters. The number of carbonyl (C=O) groups is 2. The molecule has 0 aliphatic rings. The summed E-state index contributed by atoms with van der Waals surface area (Å²) < 4.78 is 5.11. The second-order valence-corrected chi connectivity index (χ2v) is 4.09. The molecule has 0 aromatic carbocycles. The molecule has 0 fully saturated rings. The van der Waals surface area contributed by atoms with Gasteiger partial charge in [0.05, 0.1) is 5.60 Å². The Morgan fingerprint density at radius 2 is 2.00 bits per heavy atom. The third kappa shape index (κ3) is 5.55. The first-order chi connectivity index (χ1) is 7.32. The van der Waals surface area contributed by atoms with E-state index < -0.39 is 23.6 Å². The maximum atomic E-state index is 11.3. The zero-order valence-electron chi connectivity index (χ0n) is 10.2. The molecule has 3 N–H and O–H groups in total. The minimum atomic E-state index is -1.04. The molecule has 0 unspecified atom stereocenters. The summed E-state index contributed by atoms with van der Waals surface area (Å²) >= 11 is 0. The molecule has 0 aliphatic heterocycles. The highest BCUT2D eigenvalue weighted by molar-refractivity contribution is 5.82. The van der Waals surface area contributed by atoms with Gasteiger partial charge in [-0.05, 0) is 20.3 Å². The number of nitrogens with one attached hydrogen (secondary N) is 2. The zero-order valence-corrected chi connectivity index (χ0v) is 10.2. The maximum absolute atomic E-state index is 11.3. The third-order valence-corrected chi connectivity index (χ3v) is 2.24. The Kier molecular flexibility index (Phi) is 5.81. The average molecular weight is 232 g/mol. The number of rotatable bonds is 6. The number of carboxylic acid groups (broad SMARTS) is 1. The molecular formula is C10H20N2O4. The van der Waals surface area contributed by atoms with E-state index in [0.29, 0.717) is 13.0 Å². The molecule has 0 saturated heterocycles. The van der Waals surface area contributed by atoms with Gasteiger partial charge < -0.3 is 20.5 Å². The van der Waals surface area contributed by atoms with E-state index in [1.54, 1.807) is 14.0 Å². The summed E-state index contributed by atoms with van der Waals surface area (Å²) in [5, 5.41) is 13.6. The summed E-state index contributed by atoms with van der Waals surface area (Å²) in [4.78, 5) is 22.0. The van der Waals surface area contributed by atoms with Crippen molar-refractivity contribution in [3.63, 3.8) is 0 Å². The zero-order chi connectivity index (χ0) is 12.8. The highest BCUT2D eigenvalue weighted by Crippen LogP contribution is 2.04. The van der Waals surface area contributed by atoms with Crippen LogP contribution < -0.4 is 10.6 Å². The molecule has 6 nitrogen and oxygen atoms in total. The Hall–Kier alpha value is -1.30. The first kappa shape index (κ1) is 14.7. The predicted octanol–water partition coefficient (Wildman–Crippen LogP) is 0.574. The minimum Gasteiger partial charge on any atom is -0.480 e. The van der Waals surface area contributed by atoms with Gasteiger partial charge in [0.25, 0.3) is 0 Å². The summed E-state index contributed by atoms with van der Waals surface area (Å²) in [5.41, 5.74) is -0.470. The Morgan fingerprint density at radius 3 is 2.38 bits per heavy atom.